The van der Waals surface area contributed by atoms with E-state index in [2.05, 4.69) is 16.4 Å². The highest BCUT2D eigenvalue weighted by atomic mass is 16.5. The van der Waals surface area contributed by atoms with Crippen molar-refractivity contribution in [3.05, 3.63) is 89.2 Å². The fraction of sp³-hybridized carbons (Fsp3) is 0.357. The van der Waals surface area contributed by atoms with Crippen molar-refractivity contribution in [2.75, 3.05) is 26.9 Å². The first-order valence-corrected chi connectivity index (χ1v) is 12.0. The van der Waals surface area contributed by atoms with Crippen LogP contribution in [0.5, 0.6) is 11.5 Å². The molecule has 1 saturated carbocycles. The van der Waals surface area contributed by atoms with Crippen LogP contribution in [-0.4, -0.2) is 54.2 Å². The summed E-state index contributed by atoms with van der Waals surface area (Å²) >= 11 is 0. The molecular weight excluding hydrogens is 458 g/mol. The van der Waals surface area contributed by atoms with Crippen LogP contribution in [0.2, 0.25) is 0 Å². The van der Waals surface area contributed by atoms with E-state index in [4.69, 9.17) is 14.2 Å². The lowest BCUT2D eigenvalue weighted by Crippen LogP contribution is -2.52. The standard InChI is InChI=1S/C28H27N3O5/c1-34-22-13-30-14-23-25(22)27(33)26(32)21(12-31-20-15-35-16-20)24(18-5-3-2-4-6-18)28(27,36-23)19-9-7-17(11-29)8-10-19/h2-10,13-14,20-21,24,26,31-33H,12,15-16H2,1H3/t21-,24-,26-,27+,28+/m1/s1. The Morgan fingerprint density at radius 1 is 1.14 bits per heavy atom. The molecule has 0 radical (unpaired) electrons. The third-order valence-corrected chi connectivity index (χ3v) is 7.90. The van der Waals surface area contributed by atoms with Gasteiger partial charge in [-0.05, 0) is 23.3 Å². The van der Waals surface area contributed by atoms with E-state index in [9.17, 15) is 15.5 Å². The van der Waals surface area contributed by atoms with Gasteiger partial charge in [-0.1, -0.05) is 42.5 Å². The number of methoxy groups -OCH3 is 1. The summed E-state index contributed by atoms with van der Waals surface area (Å²) in [7, 11) is 1.51. The number of hydrogen-bond acceptors (Lipinski definition) is 8. The van der Waals surface area contributed by atoms with E-state index in [1.807, 2.05) is 30.3 Å². The van der Waals surface area contributed by atoms with Gasteiger partial charge in [0.05, 0.1) is 62.1 Å². The van der Waals surface area contributed by atoms with E-state index < -0.39 is 29.1 Å². The number of aliphatic hydroxyl groups excluding tert-OH is 1. The van der Waals surface area contributed by atoms with Gasteiger partial charge in [0, 0.05) is 18.4 Å². The van der Waals surface area contributed by atoms with Crippen LogP contribution in [0, 0.1) is 17.2 Å². The number of aliphatic hydroxyl groups is 2. The van der Waals surface area contributed by atoms with Crippen LogP contribution in [0.25, 0.3) is 0 Å². The van der Waals surface area contributed by atoms with Crippen molar-refractivity contribution in [2.24, 2.45) is 5.92 Å². The summed E-state index contributed by atoms with van der Waals surface area (Å²) in [6, 6.07) is 19.2. The van der Waals surface area contributed by atoms with Gasteiger partial charge < -0.3 is 29.7 Å². The molecule has 1 aromatic heterocycles. The number of ether oxygens (including phenoxy) is 3. The van der Waals surface area contributed by atoms with Crippen LogP contribution in [0.1, 0.15) is 28.2 Å². The van der Waals surface area contributed by atoms with E-state index in [0.717, 1.165) is 5.56 Å². The average molecular weight is 486 g/mol. The molecule has 3 heterocycles. The van der Waals surface area contributed by atoms with Gasteiger partial charge in [0.1, 0.15) is 11.5 Å². The first kappa shape index (κ1) is 23.0. The van der Waals surface area contributed by atoms with Crippen LogP contribution in [-0.2, 0) is 15.9 Å². The normalized spacial score (nSPS) is 30.6. The van der Waals surface area contributed by atoms with E-state index in [1.165, 1.54) is 13.3 Å². The van der Waals surface area contributed by atoms with Crippen molar-refractivity contribution >= 4 is 0 Å². The Kier molecular flexibility index (Phi) is 5.47. The third kappa shape index (κ3) is 3.04. The van der Waals surface area contributed by atoms with Gasteiger partial charge in [-0.15, -0.1) is 0 Å². The molecule has 1 aliphatic carbocycles. The molecule has 3 N–H and O–H groups in total. The van der Waals surface area contributed by atoms with Gasteiger partial charge in [0.2, 0.25) is 0 Å². The van der Waals surface area contributed by atoms with Crippen molar-refractivity contribution in [1.29, 1.82) is 5.26 Å². The molecule has 0 spiro atoms. The van der Waals surface area contributed by atoms with Crippen molar-refractivity contribution in [2.45, 2.75) is 29.3 Å². The van der Waals surface area contributed by atoms with Crippen LogP contribution in [0.4, 0.5) is 0 Å². The van der Waals surface area contributed by atoms with Gasteiger partial charge in [-0.2, -0.15) is 5.26 Å². The fourth-order valence-corrected chi connectivity index (χ4v) is 6.21. The summed E-state index contributed by atoms with van der Waals surface area (Å²) in [6.45, 7) is 1.67. The highest BCUT2D eigenvalue weighted by Gasteiger charge is 2.76. The van der Waals surface area contributed by atoms with E-state index in [0.29, 0.717) is 47.9 Å². The molecule has 1 saturated heterocycles. The topological polar surface area (TPSA) is 117 Å². The third-order valence-electron chi connectivity index (χ3n) is 7.90. The summed E-state index contributed by atoms with van der Waals surface area (Å²) in [5.41, 5.74) is -0.798. The van der Waals surface area contributed by atoms with E-state index in [1.54, 1.807) is 30.5 Å². The van der Waals surface area contributed by atoms with Crippen molar-refractivity contribution in [3.8, 4) is 17.6 Å². The summed E-state index contributed by atoms with van der Waals surface area (Å²) in [5.74, 6) is -0.158. The molecule has 2 aromatic carbocycles. The zero-order valence-corrected chi connectivity index (χ0v) is 19.8. The SMILES string of the molecule is COc1cncc2c1[C@]1(O)[C@H](O)[C@H](CNC3COC3)[C@@H](c3ccccc3)[C@]1(c1ccc(C#N)cc1)O2. The minimum atomic E-state index is -1.85. The average Bonchev–Trinajstić information content (AvgIpc) is 3.27. The molecule has 5 atom stereocenters. The predicted octanol–water partition coefficient (Wildman–Crippen LogP) is 2.20. The van der Waals surface area contributed by atoms with Crippen LogP contribution >= 0.6 is 0 Å². The van der Waals surface area contributed by atoms with Crippen molar-refractivity contribution < 1.29 is 24.4 Å². The molecule has 6 rings (SSSR count). The second kappa shape index (κ2) is 8.57. The number of nitriles is 1. The largest absolute Gasteiger partial charge is 0.495 e. The maximum absolute atomic E-state index is 12.7. The second-order valence-corrected chi connectivity index (χ2v) is 9.65. The number of nitrogens with zero attached hydrogens (tertiary/aromatic N) is 2. The number of benzene rings is 2. The minimum Gasteiger partial charge on any atom is -0.495 e. The maximum Gasteiger partial charge on any atom is 0.177 e. The number of pyridine rings is 1. The van der Waals surface area contributed by atoms with Gasteiger partial charge in [-0.3, -0.25) is 4.98 Å². The lowest BCUT2D eigenvalue weighted by molar-refractivity contribution is -0.152. The number of nitrogens with one attached hydrogen (secondary N) is 1. The quantitative estimate of drug-likeness (QED) is 0.487. The molecule has 3 aromatic rings. The van der Waals surface area contributed by atoms with Gasteiger partial charge in [0.15, 0.2) is 11.2 Å². The molecule has 36 heavy (non-hydrogen) atoms. The Balaban J connectivity index is 1.60. The Hall–Kier alpha value is -3.48. The monoisotopic (exact) mass is 485 g/mol. The number of fused-ring (bicyclic) bond motifs is 3. The molecule has 8 heteroatoms. The number of rotatable bonds is 6. The predicted molar refractivity (Wildman–Crippen MR) is 129 cm³/mol. The molecule has 0 bridgehead atoms. The summed E-state index contributed by atoms with van der Waals surface area (Å²) < 4.78 is 17.7. The van der Waals surface area contributed by atoms with Crippen LogP contribution in [0.3, 0.4) is 0 Å². The molecule has 0 unspecified atom stereocenters. The van der Waals surface area contributed by atoms with Crippen LogP contribution in [0.15, 0.2) is 67.0 Å². The summed E-state index contributed by atoms with van der Waals surface area (Å²) in [6.07, 6.45) is 1.87. The Morgan fingerprint density at radius 2 is 1.89 bits per heavy atom. The molecule has 184 valence electrons. The van der Waals surface area contributed by atoms with E-state index in [-0.39, 0.29) is 6.04 Å². The molecule has 2 fully saturated rings. The summed E-state index contributed by atoms with van der Waals surface area (Å²) in [4.78, 5) is 4.25. The van der Waals surface area contributed by atoms with Crippen molar-refractivity contribution in [3.63, 3.8) is 0 Å². The lowest BCUT2D eigenvalue weighted by Gasteiger charge is -2.41. The van der Waals surface area contributed by atoms with Gasteiger partial charge in [0.25, 0.3) is 0 Å². The Bertz CT molecular complexity index is 1310. The minimum absolute atomic E-state index is 0.196. The maximum atomic E-state index is 12.7. The number of aromatic nitrogens is 1. The van der Waals surface area contributed by atoms with Gasteiger partial charge >= 0.3 is 0 Å². The first-order valence-electron chi connectivity index (χ1n) is 12.0. The highest BCUT2D eigenvalue weighted by molar-refractivity contribution is 5.59. The Morgan fingerprint density at radius 3 is 2.53 bits per heavy atom. The molecule has 3 aliphatic rings. The molecule has 0 amide bonds. The number of hydrogen-bond donors (Lipinski definition) is 3. The fourth-order valence-electron chi connectivity index (χ4n) is 6.21. The molecule has 8 nitrogen and oxygen atoms in total. The highest BCUT2D eigenvalue weighted by Crippen LogP contribution is 2.69. The van der Waals surface area contributed by atoms with Crippen LogP contribution < -0.4 is 14.8 Å². The zero-order valence-electron chi connectivity index (χ0n) is 19.8. The Labute approximate surface area is 209 Å². The van der Waals surface area contributed by atoms with E-state index >= 15 is 0 Å². The summed E-state index contributed by atoms with van der Waals surface area (Å²) in [5, 5.41) is 37.6. The van der Waals surface area contributed by atoms with Crippen molar-refractivity contribution in [1.82, 2.24) is 10.3 Å². The molecule has 2 aliphatic heterocycles. The molecular formula is C28H27N3O5. The van der Waals surface area contributed by atoms with Gasteiger partial charge in [-0.25, -0.2) is 0 Å². The zero-order chi connectivity index (χ0) is 24.9. The second-order valence-electron chi connectivity index (χ2n) is 9.65. The smallest absolute Gasteiger partial charge is 0.177 e. The lowest BCUT2D eigenvalue weighted by atomic mass is 9.70. The first-order chi connectivity index (χ1) is 17.5.